The van der Waals surface area contributed by atoms with E-state index in [0.29, 0.717) is 29.2 Å². The van der Waals surface area contributed by atoms with Gasteiger partial charge in [0.15, 0.2) is 0 Å². The Morgan fingerprint density at radius 1 is 1.09 bits per heavy atom. The molecule has 3 heterocycles. The third-order valence-corrected chi connectivity index (χ3v) is 8.06. The summed E-state index contributed by atoms with van der Waals surface area (Å²) in [4.78, 5) is 38.9. The van der Waals surface area contributed by atoms with Gasteiger partial charge in [0, 0.05) is 24.2 Å². The quantitative estimate of drug-likeness (QED) is 0.434. The highest BCUT2D eigenvalue weighted by Gasteiger charge is 2.54. The number of nitrogens with zero attached hydrogens (tertiary/aromatic N) is 3. The van der Waals surface area contributed by atoms with E-state index in [2.05, 4.69) is 34.3 Å². The van der Waals surface area contributed by atoms with Gasteiger partial charge in [0.25, 0.3) is 11.8 Å². The number of carbonyl (C=O) groups is 2. The first-order valence-electron chi connectivity index (χ1n) is 12.0. The Bertz CT molecular complexity index is 1460. The summed E-state index contributed by atoms with van der Waals surface area (Å²) < 4.78 is 0. The Hall–Kier alpha value is -3.58. The van der Waals surface area contributed by atoms with E-state index in [0.717, 1.165) is 39.2 Å². The van der Waals surface area contributed by atoms with Crippen molar-refractivity contribution in [2.75, 3.05) is 6.54 Å². The Balaban J connectivity index is 1.23. The average Bonchev–Trinajstić information content (AvgIpc) is 3.35. The van der Waals surface area contributed by atoms with Gasteiger partial charge in [-0.25, -0.2) is 4.98 Å². The number of thiazole rings is 1. The molecular weight excluding hydrogens is 456 g/mol. The highest BCUT2D eigenvalue weighted by Crippen LogP contribution is 2.48. The molecule has 6 rings (SSSR count). The van der Waals surface area contributed by atoms with Crippen LogP contribution in [0.4, 0.5) is 0 Å². The number of piperidine rings is 1. The first kappa shape index (κ1) is 21.9. The number of rotatable bonds is 5. The molecule has 0 bridgehead atoms. The number of nitrogens with one attached hydrogen (secondary N) is 1. The molecule has 1 saturated carbocycles. The smallest absolute Gasteiger partial charge is 0.274 e. The number of fused-ring (bicyclic) bond motifs is 2. The van der Waals surface area contributed by atoms with Crippen molar-refractivity contribution in [2.24, 2.45) is 5.92 Å². The van der Waals surface area contributed by atoms with Crippen LogP contribution >= 0.6 is 11.3 Å². The summed E-state index contributed by atoms with van der Waals surface area (Å²) in [6.45, 7) is 4.42. The lowest BCUT2D eigenvalue weighted by Gasteiger charge is -2.27. The van der Waals surface area contributed by atoms with Crippen molar-refractivity contribution >= 4 is 34.1 Å². The van der Waals surface area contributed by atoms with Gasteiger partial charge >= 0.3 is 0 Å². The molecule has 1 aliphatic carbocycles. The van der Waals surface area contributed by atoms with E-state index in [9.17, 15) is 9.59 Å². The number of likely N-dealkylation sites (tertiary alicyclic amines) is 1. The molecule has 1 saturated heterocycles. The van der Waals surface area contributed by atoms with Crippen molar-refractivity contribution in [2.45, 2.75) is 38.8 Å². The van der Waals surface area contributed by atoms with Gasteiger partial charge in [-0.3, -0.25) is 14.6 Å². The highest BCUT2D eigenvalue weighted by atomic mass is 32.1. The van der Waals surface area contributed by atoms with E-state index in [1.165, 1.54) is 0 Å². The molecule has 1 aliphatic heterocycles. The van der Waals surface area contributed by atoms with E-state index >= 15 is 0 Å². The number of hydrogen-bond acceptors (Lipinski definition) is 5. The Morgan fingerprint density at radius 2 is 1.91 bits per heavy atom. The van der Waals surface area contributed by atoms with E-state index in [1.54, 1.807) is 23.6 Å². The fourth-order valence-electron chi connectivity index (χ4n) is 5.33. The summed E-state index contributed by atoms with van der Waals surface area (Å²) in [6, 6.07) is 17.9. The zero-order chi connectivity index (χ0) is 24.1. The van der Waals surface area contributed by atoms with Crippen molar-refractivity contribution in [1.82, 2.24) is 20.2 Å². The van der Waals surface area contributed by atoms with Gasteiger partial charge in [-0.15, -0.1) is 11.3 Å². The molecule has 2 amide bonds. The van der Waals surface area contributed by atoms with Crippen molar-refractivity contribution in [3.63, 3.8) is 0 Å². The van der Waals surface area contributed by atoms with E-state index in [4.69, 9.17) is 0 Å². The maximum absolute atomic E-state index is 13.8. The molecule has 3 atom stereocenters. The topological polar surface area (TPSA) is 75.2 Å². The van der Waals surface area contributed by atoms with Gasteiger partial charge in [0.05, 0.1) is 27.0 Å². The first-order chi connectivity index (χ1) is 17.0. The maximum Gasteiger partial charge on any atom is 0.274 e. The number of carbonyl (C=O) groups excluding carboxylic acids is 2. The lowest BCUT2D eigenvalue weighted by molar-refractivity contribution is 0.0684. The first-order valence-corrected chi connectivity index (χ1v) is 12.8. The molecular formula is C28H26N4O2S. The zero-order valence-electron chi connectivity index (χ0n) is 19.7. The lowest BCUT2D eigenvalue weighted by atomic mass is 10.1. The Morgan fingerprint density at radius 3 is 2.77 bits per heavy atom. The number of hydrogen-bond donors (Lipinski definition) is 1. The second kappa shape index (κ2) is 8.57. The molecule has 0 radical (unpaired) electrons. The SMILES string of the molecule is Cc1cccc(-c2sc(C)nc2C(=O)N2[C@H](CNC(=O)c3cccc4cccnc34)C[C@@H]3C[C@@H]32)c1. The summed E-state index contributed by atoms with van der Waals surface area (Å²) >= 11 is 1.56. The highest BCUT2D eigenvalue weighted by molar-refractivity contribution is 7.15. The second-order valence-electron chi connectivity index (χ2n) is 9.54. The van der Waals surface area contributed by atoms with Crippen LogP contribution in [0.25, 0.3) is 21.3 Å². The van der Waals surface area contributed by atoms with Gasteiger partial charge in [-0.05, 0) is 50.3 Å². The number of para-hydroxylation sites is 1. The number of aryl methyl sites for hydroxylation is 2. The molecule has 7 heteroatoms. The molecule has 176 valence electrons. The minimum atomic E-state index is -0.160. The molecule has 4 aromatic rings. The summed E-state index contributed by atoms with van der Waals surface area (Å²) in [7, 11) is 0. The third kappa shape index (κ3) is 4.00. The van der Waals surface area contributed by atoms with Crippen LogP contribution in [0, 0.1) is 19.8 Å². The molecule has 6 nitrogen and oxygen atoms in total. The van der Waals surface area contributed by atoms with Crippen LogP contribution in [-0.4, -0.2) is 45.3 Å². The van der Waals surface area contributed by atoms with E-state index < -0.39 is 0 Å². The van der Waals surface area contributed by atoms with Gasteiger partial charge in [0.2, 0.25) is 0 Å². The Kier molecular flexibility index (Phi) is 5.37. The van der Waals surface area contributed by atoms with Crippen LogP contribution in [0.2, 0.25) is 0 Å². The van der Waals surface area contributed by atoms with Gasteiger partial charge in [-0.1, -0.05) is 48.0 Å². The summed E-state index contributed by atoms with van der Waals surface area (Å²) in [5.41, 5.74) is 3.95. The zero-order valence-corrected chi connectivity index (χ0v) is 20.5. The summed E-state index contributed by atoms with van der Waals surface area (Å²) in [6.07, 6.45) is 3.64. The third-order valence-electron chi connectivity index (χ3n) is 7.04. The second-order valence-corrected chi connectivity index (χ2v) is 10.7. The molecule has 2 aliphatic rings. The van der Waals surface area contributed by atoms with Crippen molar-refractivity contribution in [3.05, 3.63) is 82.6 Å². The maximum atomic E-state index is 13.8. The fraction of sp³-hybridized carbons (Fsp3) is 0.286. The van der Waals surface area contributed by atoms with Crippen molar-refractivity contribution in [1.29, 1.82) is 0 Å². The van der Waals surface area contributed by atoms with Crippen LogP contribution in [0.3, 0.4) is 0 Å². The number of amides is 2. The van der Waals surface area contributed by atoms with Crippen molar-refractivity contribution in [3.8, 4) is 10.4 Å². The number of benzene rings is 2. The van der Waals surface area contributed by atoms with Crippen LogP contribution in [0.1, 0.15) is 44.3 Å². The van der Waals surface area contributed by atoms with Crippen LogP contribution in [0.5, 0.6) is 0 Å². The van der Waals surface area contributed by atoms with Gasteiger partial charge in [-0.2, -0.15) is 0 Å². The van der Waals surface area contributed by atoms with Crippen LogP contribution in [-0.2, 0) is 0 Å². The van der Waals surface area contributed by atoms with Gasteiger partial charge < -0.3 is 10.2 Å². The van der Waals surface area contributed by atoms with Gasteiger partial charge in [0.1, 0.15) is 5.69 Å². The molecule has 35 heavy (non-hydrogen) atoms. The lowest BCUT2D eigenvalue weighted by Crippen LogP contribution is -2.45. The van der Waals surface area contributed by atoms with Crippen LogP contribution < -0.4 is 5.32 Å². The molecule has 2 aromatic carbocycles. The van der Waals surface area contributed by atoms with E-state index in [-0.39, 0.29) is 23.9 Å². The molecule has 2 fully saturated rings. The average molecular weight is 483 g/mol. The van der Waals surface area contributed by atoms with Crippen molar-refractivity contribution < 1.29 is 9.59 Å². The monoisotopic (exact) mass is 482 g/mol. The molecule has 2 aromatic heterocycles. The minimum absolute atomic E-state index is 0.0260. The molecule has 0 unspecified atom stereocenters. The molecule has 0 spiro atoms. The fourth-order valence-corrected chi connectivity index (χ4v) is 6.23. The predicted molar refractivity (Wildman–Crippen MR) is 138 cm³/mol. The summed E-state index contributed by atoms with van der Waals surface area (Å²) in [5.74, 6) is 0.330. The predicted octanol–water partition coefficient (Wildman–Crippen LogP) is 5.01. The molecule has 1 N–H and O–H groups in total. The standard InChI is InChI=1S/C28H26N4O2S/c1-16-6-3-8-19(12-16)26-25(31-17(2)35-26)28(34)32-21(13-20-14-23(20)32)15-30-27(33)22-10-4-7-18-9-5-11-29-24(18)22/h3-12,20-21,23H,13-15H2,1-2H3,(H,30,33)/t20-,21+,23+/m1/s1. The summed E-state index contributed by atoms with van der Waals surface area (Å²) in [5, 5.41) is 4.89. The normalized spacial score (nSPS) is 20.6. The Labute approximate surface area is 208 Å². The number of pyridine rings is 1. The van der Waals surface area contributed by atoms with Crippen LogP contribution in [0.15, 0.2) is 60.8 Å². The largest absolute Gasteiger partial charge is 0.350 e. The number of aromatic nitrogens is 2. The minimum Gasteiger partial charge on any atom is -0.350 e. The van der Waals surface area contributed by atoms with E-state index in [1.807, 2.05) is 48.2 Å².